The van der Waals surface area contributed by atoms with E-state index in [4.69, 9.17) is 9.72 Å². The van der Waals surface area contributed by atoms with Gasteiger partial charge in [0.25, 0.3) is 0 Å². The van der Waals surface area contributed by atoms with Gasteiger partial charge in [-0.3, -0.25) is 4.79 Å². The van der Waals surface area contributed by atoms with Gasteiger partial charge < -0.3 is 14.5 Å². The molecule has 1 unspecified atom stereocenters. The van der Waals surface area contributed by atoms with Crippen LogP contribution < -0.4 is 4.74 Å². The van der Waals surface area contributed by atoms with Crippen LogP contribution in [0.2, 0.25) is 0 Å². The van der Waals surface area contributed by atoms with Crippen molar-refractivity contribution in [2.75, 3.05) is 26.2 Å². The molecule has 2 saturated heterocycles. The van der Waals surface area contributed by atoms with E-state index in [2.05, 4.69) is 30.9 Å². The van der Waals surface area contributed by atoms with Gasteiger partial charge in [-0.1, -0.05) is 6.92 Å². The van der Waals surface area contributed by atoms with Gasteiger partial charge in [0, 0.05) is 36.0 Å². The van der Waals surface area contributed by atoms with Crippen molar-refractivity contribution < 1.29 is 9.53 Å². The lowest BCUT2D eigenvalue weighted by Gasteiger charge is -2.20. The summed E-state index contributed by atoms with van der Waals surface area (Å²) in [5.74, 6) is 1.19. The number of likely N-dealkylation sites (tertiary alicyclic amines) is 2. The summed E-state index contributed by atoms with van der Waals surface area (Å²) in [6, 6.07) is 9.01. The number of thiazole rings is 1. The average molecular weight is 428 g/mol. The van der Waals surface area contributed by atoms with Crippen molar-refractivity contribution in [3.8, 4) is 16.3 Å². The predicted octanol–water partition coefficient (Wildman–Crippen LogP) is 4.75. The minimum atomic E-state index is 0.271. The summed E-state index contributed by atoms with van der Waals surface area (Å²) in [6.45, 7) is 9.15. The van der Waals surface area contributed by atoms with Crippen LogP contribution in [0.5, 0.6) is 5.75 Å². The third-order valence-corrected chi connectivity index (χ3v) is 7.40. The second-order valence-corrected chi connectivity index (χ2v) is 9.50. The number of aromatic nitrogens is 1. The van der Waals surface area contributed by atoms with Gasteiger partial charge in [0.2, 0.25) is 5.91 Å². The number of carbonyl (C=O) groups excluding carboxylic acids is 1. The number of nitrogens with zero attached hydrogens (tertiary/aromatic N) is 3. The summed E-state index contributed by atoms with van der Waals surface area (Å²) in [5, 5.41) is 1.03. The highest BCUT2D eigenvalue weighted by Crippen LogP contribution is 2.31. The molecule has 0 N–H and O–H groups in total. The van der Waals surface area contributed by atoms with Crippen molar-refractivity contribution in [3.63, 3.8) is 0 Å². The Labute approximate surface area is 184 Å². The molecule has 1 aromatic heterocycles. The van der Waals surface area contributed by atoms with E-state index in [1.54, 1.807) is 11.3 Å². The third-order valence-electron chi connectivity index (χ3n) is 6.27. The molecular weight excluding hydrogens is 394 g/mol. The smallest absolute Gasteiger partial charge is 0.222 e. The Hall–Kier alpha value is -1.92. The Morgan fingerprint density at radius 1 is 1.20 bits per heavy atom. The fourth-order valence-corrected chi connectivity index (χ4v) is 5.60. The highest BCUT2D eigenvalue weighted by molar-refractivity contribution is 7.15. The van der Waals surface area contributed by atoms with Crippen LogP contribution in [0.1, 0.15) is 56.5 Å². The minimum Gasteiger partial charge on any atom is -0.494 e. The molecule has 1 amide bonds. The van der Waals surface area contributed by atoms with Crippen molar-refractivity contribution in [1.29, 1.82) is 0 Å². The molecule has 2 aliphatic heterocycles. The van der Waals surface area contributed by atoms with Gasteiger partial charge in [-0.25, -0.2) is 4.98 Å². The first-order chi connectivity index (χ1) is 14.6. The quantitative estimate of drug-likeness (QED) is 0.542. The zero-order chi connectivity index (χ0) is 20.9. The van der Waals surface area contributed by atoms with Gasteiger partial charge in [0.15, 0.2) is 0 Å². The average Bonchev–Trinajstić information content (AvgIpc) is 3.47. The molecule has 0 spiro atoms. The number of ether oxygens (including phenoxy) is 1. The second kappa shape index (κ2) is 9.92. The van der Waals surface area contributed by atoms with Crippen molar-refractivity contribution >= 4 is 17.2 Å². The highest BCUT2D eigenvalue weighted by atomic mass is 32.1. The number of carbonyl (C=O) groups is 1. The van der Waals surface area contributed by atoms with E-state index >= 15 is 0 Å². The van der Waals surface area contributed by atoms with E-state index in [1.165, 1.54) is 24.3 Å². The fourth-order valence-electron chi connectivity index (χ4n) is 4.43. The molecule has 1 atom stereocenters. The lowest BCUT2D eigenvalue weighted by molar-refractivity contribution is -0.128. The molecular formula is C24H33N3O2S. The van der Waals surface area contributed by atoms with Gasteiger partial charge in [-0.05, 0) is 69.8 Å². The highest BCUT2D eigenvalue weighted by Gasteiger charge is 2.23. The van der Waals surface area contributed by atoms with Crippen molar-refractivity contribution in [2.45, 2.75) is 65.0 Å². The zero-order valence-electron chi connectivity index (χ0n) is 18.2. The molecule has 0 radical (unpaired) electrons. The standard InChI is InChI=1S/C24H33N3O2S/c1-3-21-22(17-27-14-5-8-23(27)28)30-24(25-21)19-9-11-20(12-10-19)29-16-6-15-26-13-4-7-18(26)2/h9-12,18H,3-8,13-17H2,1-2H3. The van der Waals surface area contributed by atoms with Crippen molar-refractivity contribution in [1.82, 2.24) is 14.8 Å². The maximum atomic E-state index is 12.0. The predicted molar refractivity (Wildman–Crippen MR) is 122 cm³/mol. The Morgan fingerprint density at radius 3 is 2.70 bits per heavy atom. The summed E-state index contributed by atoms with van der Waals surface area (Å²) in [4.78, 5) is 22.6. The molecule has 0 bridgehead atoms. The molecule has 2 aromatic rings. The largest absolute Gasteiger partial charge is 0.494 e. The van der Waals surface area contributed by atoms with Crippen LogP contribution in [0.4, 0.5) is 0 Å². The summed E-state index contributed by atoms with van der Waals surface area (Å²) in [7, 11) is 0. The van der Waals surface area contributed by atoms with E-state index in [0.29, 0.717) is 13.0 Å². The Kier molecular flexibility index (Phi) is 7.05. The summed E-state index contributed by atoms with van der Waals surface area (Å²) in [6.07, 6.45) is 6.28. The topological polar surface area (TPSA) is 45.7 Å². The van der Waals surface area contributed by atoms with Gasteiger partial charge in [-0.15, -0.1) is 11.3 Å². The summed E-state index contributed by atoms with van der Waals surface area (Å²) < 4.78 is 5.95. The number of hydrogen-bond acceptors (Lipinski definition) is 5. The van der Waals surface area contributed by atoms with Crippen LogP contribution in [-0.4, -0.2) is 53.0 Å². The van der Waals surface area contributed by atoms with Crippen LogP contribution in [0, 0.1) is 0 Å². The van der Waals surface area contributed by atoms with Crippen molar-refractivity contribution in [2.24, 2.45) is 0 Å². The Balaban J connectivity index is 1.32. The first kappa shape index (κ1) is 21.3. The molecule has 162 valence electrons. The Morgan fingerprint density at radius 2 is 2.03 bits per heavy atom. The first-order valence-electron chi connectivity index (χ1n) is 11.4. The van der Waals surface area contributed by atoms with E-state index in [9.17, 15) is 4.79 Å². The maximum absolute atomic E-state index is 12.0. The van der Waals surface area contributed by atoms with Gasteiger partial charge in [0.1, 0.15) is 10.8 Å². The van der Waals surface area contributed by atoms with E-state index in [0.717, 1.165) is 67.0 Å². The molecule has 4 rings (SSSR count). The molecule has 2 fully saturated rings. The van der Waals surface area contributed by atoms with Crippen molar-refractivity contribution in [3.05, 3.63) is 34.8 Å². The van der Waals surface area contributed by atoms with Gasteiger partial charge in [-0.2, -0.15) is 0 Å². The SMILES string of the molecule is CCc1nc(-c2ccc(OCCCN3CCCC3C)cc2)sc1CN1CCCC1=O. The number of hydrogen-bond donors (Lipinski definition) is 0. The first-order valence-corrected chi connectivity index (χ1v) is 12.2. The fraction of sp³-hybridized carbons (Fsp3) is 0.583. The monoisotopic (exact) mass is 427 g/mol. The molecule has 30 heavy (non-hydrogen) atoms. The molecule has 3 heterocycles. The normalized spacial score (nSPS) is 19.7. The lowest BCUT2D eigenvalue weighted by Crippen LogP contribution is -2.28. The molecule has 0 aliphatic carbocycles. The van der Waals surface area contributed by atoms with Crippen LogP contribution >= 0.6 is 11.3 Å². The van der Waals surface area contributed by atoms with E-state index in [-0.39, 0.29) is 5.91 Å². The summed E-state index contributed by atoms with van der Waals surface area (Å²) >= 11 is 1.72. The Bertz CT molecular complexity index is 849. The van der Waals surface area contributed by atoms with Crippen LogP contribution in [0.3, 0.4) is 0 Å². The molecule has 0 saturated carbocycles. The second-order valence-electron chi connectivity index (χ2n) is 8.41. The van der Waals surface area contributed by atoms with E-state index in [1.807, 2.05) is 17.0 Å². The number of benzene rings is 1. The number of amides is 1. The maximum Gasteiger partial charge on any atom is 0.222 e. The third kappa shape index (κ3) is 5.03. The summed E-state index contributed by atoms with van der Waals surface area (Å²) in [5.41, 5.74) is 2.23. The molecule has 6 heteroatoms. The van der Waals surface area contributed by atoms with Crippen LogP contribution in [0.15, 0.2) is 24.3 Å². The molecule has 1 aromatic carbocycles. The minimum absolute atomic E-state index is 0.271. The molecule has 2 aliphatic rings. The van der Waals surface area contributed by atoms with Crippen LogP contribution in [-0.2, 0) is 17.8 Å². The molecule has 5 nitrogen and oxygen atoms in total. The van der Waals surface area contributed by atoms with Crippen LogP contribution in [0.25, 0.3) is 10.6 Å². The lowest BCUT2D eigenvalue weighted by atomic mass is 10.2. The van der Waals surface area contributed by atoms with E-state index < -0.39 is 0 Å². The number of aryl methyl sites for hydroxylation is 1. The van der Waals surface area contributed by atoms with Gasteiger partial charge >= 0.3 is 0 Å². The number of rotatable bonds is 9. The van der Waals surface area contributed by atoms with Gasteiger partial charge in [0.05, 0.1) is 18.8 Å². The zero-order valence-corrected chi connectivity index (χ0v) is 19.0.